The first-order valence-electron chi connectivity index (χ1n) is 6.90. The zero-order valence-electron chi connectivity index (χ0n) is 12.1. The maximum atomic E-state index is 12.3. The summed E-state index contributed by atoms with van der Waals surface area (Å²) in [6.07, 6.45) is 0. The molecule has 0 bridgehead atoms. The Morgan fingerprint density at radius 3 is 2.48 bits per heavy atom. The molecule has 0 saturated heterocycles. The summed E-state index contributed by atoms with van der Waals surface area (Å²) in [5, 5.41) is 3.00. The third-order valence-electron chi connectivity index (χ3n) is 3.16. The van der Waals surface area contributed by atoms with Crippen LogP contribution in [0.25, 0.3) is 0 Å². The topological polar surface area (TPSA) is 38.3 Å². The van der Waals surface area contributed by atoms with Gasteiger partial charge >= 0.3 is 0 Å². The zero-order chi connectivity index (χ0) is 15.2. The number of benzene rings is 2. The van der Waals surface area contributed by atoms with E-state index in [0.29, 0.717) is 12.2 Å². The van der Waals surface area contributed by atoms with Gasteiger partial charge in [0.05, 0.1) is 18.2 Å². The number of carbonyl (C=O) groups is 1. The second kappa shape index (κ2) is 7.27. The maximum absolute atomic E-state index is 12.3. The molecule has 110 valence electrons. The van der Waals surface area contributed by atoms with Crippen molar-refractivity contribution in [3.8, 4) is 5.75 Å². The Kier molecular flexibility index (Phi) is 5.39. The quantitative estimate of drug-likeness (QED) is 0.873. The van der Waals surface area contributed by atoms with Crippen LogP contribution in [0.1, 0.15) is 35.8 Å². The Balaban J connectivity index is 2.05. The summed E-state index contributed by atoms with van der Waals surface area (Å²) in [5.74, 6) is 0.745. The highest BCUT2D eigenvalue weighted by atomic mass is 79.9. The lowest BCUT2D eigenvalue weighted by Gasteiger charge is -2.15. The largest absolute Gasteiger partial charge is 0.494 e. The summed E-state index contributed by atoms with van der Waals surface area (Å²) in [5.41, 5.74) is 1.68. The first kappa shape index (κ1) is 15.6. The Morgan fingerprint density at radius 1 is 1.19 bits per heavy atom. The molecule has 1 N–H and O–H groups in total. The van der Waals surface area contributed by atoms with Gasteiger partial charge in [-0.05, 0) is 59.6 Å². The molecule has 0 heterocycles. The van der Waals surface area contributed by atoms with Gasteiger partial charge in [0, 0.05) is 4.47 Å². The molecule has 0 aliphatic heterocycles. The predicted molar refractivity (Wildman–Crippen MR) is 87.6 cm³/mol. The fourth-order valence-corrected chi connectivity index (χ4v) is 2.49. The van der Waals surface area contributed by atoms with Crippen molar-refractivity contribution in [2.75, 3.05) is 6.61 Å². The van der Waals surface area contributed by atoms with Crippen molar-refractivity contribution in [1.29, 1.82) is 0 Å². The molecule has 0 aromatic heterocycles. The van der Waals surface area contributed by atoms with E-state index in [1.54, 1.807) is 6.07 Å². The first-order valence-corrected chi connectivity index (χ1v) is 7.69. The van der Waals surface area contributed by atoms with E-state index in [1.165, 1.54) is 0 Å². The van der Waals surface area contributed by atoms with Crippen LogP contribution < -0.4 is 10.1 Å². The molecular formula is C17H18BrNO2. The molecule has 0 radical (unpaired) electrons. The van der Waals surface area contributed by atoms with E-state index in [4.69, 9.17) is 4.74 Å². The monoisotopic (exact) mass is 347 g/mol. The maximum Gasteiger partial charge on any atom is 0.252 e. The fourth-order valence-electron chi connectivity index (χ4n) is 2.02. The SMILES string of the molecule is CCOc1ccc([C@@H](C)NC(=O)c2ccccc2Br)cc1. The van der Waals surface area contributed by atoms with Crippen LogP contribution in [0.3, 0.4) is 0 Å². The second-order valence-electron chi connectivity index (χ2n) is 4.68. The van der Waals surface area contributed by atoms with Gasteiger partial charge in [-0.15, -0.1) is 0 Å². The van der Waals surface area contributed by atoms with Crippen LogP contribution in [0.15, 0.2) is 53.0 Å². The third kappa shape index (κ3) is 4.08. The predicted octanol–water partition coefficient (Wildman–Crippen LogP) is 4.34. The van der Waals surface area contributed by atoms with Crippen molar-refractivity contribution in [3.63, 3.8) is 0 Å². The Morgan fingerprint density at radius 2 is 1.86 bits per heavy atom. The minimum absolute atomic E-state index is 0.0692. The van der Waals surface area contributed by atoms with Crippen molar-refractivity contribution < 1.29 is 9.53 Å². The number of carbonyl (C=O) groups excluding carboxylic acids is 1. The molecule has 4 heteroatoms. The number of amides is 1. The highest BCUT2D eigenvalue weighted by Gasteiger charge is 2.13. The Labute approximate surface area is 133 Å². The molecule has 0 fully saturated rings. The normalized spacial score (nSPS) is 11.8. The average molecular weight is 348 g/mol. The van der Waals surface area contributed by atoms with E-state index in [-0.39, 0.29) is 11.9 Å². The minimum Gasteiger partial charge on any atom is -0.494 e. The van der Waals surface area contributed by atoms with Crippen molar-refractivity contribution in [3.05, 3.63) is 64.1 Å². The molecular weight excluding hydrogens is 330 g/mol. The van der Waals surface area contributed by atoms with Crippen molar-refractivity contribution >= 4 is 21.8 Å². The van der Waals surface area contributed by atoms with Crippen LogP contribution in [0.4, 0.5) is 0 Å². The fraction of sp³-hybridized carbons (Fsp3) is 0.235. The van der Waals surface area contributed by atoms with Gasteiger partial charge in [-0.2, -0.15) is 0 Å². The number of hydrogen-bond acceptors (Lipinski definition) is 2. The molecule has 2 rings (SSSR count). The number of halogens is 1. The lowest BCUT2D eigenvalue weighted by Crippen LogP contribution is -2.26. The van der Waals surface area contributed by atoms with Gasteiger partial charge in [-0.3, -0.25) is 4.79 Å². The van der Waals surface area contributed by atoms with Gasteiger partial charge in [-0.25, -0.2) is 0 Å². The lowest BCUT2D eigenvalue weighted by atomic mass is 10.1. The molecule has 0 aliphatic carbocycles. The van der Waals surface area contributed by atoms with Crippen molar-refractivity contribution in [2.45, 2.75) is 19.9 Å². The van der Waals surface area contributed by atoms with Gasteiger partial charge in [0.15, 0.2) is 0 Å². The average Bonchev–Trinajstić information content (AvgIpc) is 2.48. The molecule has 3 nitrogen and oxygen atoms in total. The van der Waals surface area contributed by atoms with Gasteiger partial charge in [0.1, 0.15) is 5.75 Å². The highest BCUT2D eigenvalue weighted by molar-refractivity contribution is 9.10. The Bertz CT molecular complexity index is 610. The second-order valence-corrected chi connectivity index (χ2v) is 5.53. The molecule has 1 atom stereocenters. The van der Waals surface area contributed by atoms with E-state index < -0.39 is 0 Å². The van der Waals surface area contributed by atoms with E-state index >= 15 is 0 Å². The standard InChI is InChI=1S/C17H18BrNO2/c1-3-21-14-10-8-13(9-11-14)12(2)19-17(20)15-6-4-5-7-16(15)18/h4-12H,3H2,1-2H3,(H,19,20)/t12-/m1/s1. The lowest BCUT2D eigenvalue weighted by molar-refractivity contribution is 0.0939. The third-order valence-corrected chi connectivity index (χ3v) is 3.85. The summed E-state index contributed by atoms with van der Waals surface area (Å²) < 4.78 is 6.21. The van der Waals surface area contributed by atoms with Crippen LogP contribution in [0, 0.1) is 0 Å². The molecule has 0 spiro atoms. The van der Waals surface area contributed by atoms with Crippen molar-refractivity contribution in [1.82, 2.24) is 5.32 Å². The highest BCUT2D eigenvalue weighted by Crippen LogP contribution is 2.20. The van der Waals surface area contributed by atoms with Gasteiger partial charge in [0.25, 0.3) is 5.91 Å². The van der Waals surface area contributed by atoms with Crippen LogP contribution in [0.2, 0.25) is 0 Å². The smallest absolute Gasteiger partial charge is 0.252 e. The molecule has 1 amide bonds. The van der Waals surface area contributed by atoms with Crippen LogP contribution in [0.5, 0.6) is 5.75 Å². The van der Waals surface area contributed by atoms with Gasteiger partial charge in [-0.1, -0.05) is 24.3 Å². The van der Waals surface area contributed by atoms with Crippen molar-refractivity contribution in [2.24, 2.45) is 0 Å². The van der Waals surface area contributed by atoms with E-state index in [1.807, 2.05) is 56.3 Å². The number of nitrogens with one attached hydrogen (secondary N) is 1. The molecule has 21 heavy (non-hydrogen) atoms. The van der Waals surface area contributed by atoms with E-state index in [0.717, 1.165) is 15.8 Å². The number of hydrogen-bond donors (Lipinski definition) is 1. The summed E-state index contributed by atoms with van der Waals surface area (Å²) >= 11 is 3.39. The zero-order valence-corrected chi connectivity index (χ0v) is 13.7. The molecule has 0 saturated carbocycles. The van der Waals surface area contributed by atoms with Crippen LogP contribution >= 0.6 is 15.9 Å². The van der Waals surface area contributed by atoms with Crippen LogP contribution in [-0.2, 0) is 0 Å². The van der Waals surface area contributed by atoms with Gasteiger partial charge < -0.3 is 10.1 Å². The Hall–Kier alpha value is -1.81. The van der Waals surface area contributed by atoms with E-state index in [2.05, 4.69) is 21.2 Å². The van der Waals surface area contributed by atoms with Gasteiger partial charge in [0.2, 0.25) is 0 Å². The summed E-state index contributed by atoms with van der Waals surface area (Å²) in [6.45, 7) is 4.56. The molecule has 2 aromatic carbocycles. The van der Waals surface area contributed by atoms with Crippen LogP contribution in [-0.4, -0.2) is 12.5 Å². The number of rotatable bonds is 5. The molecule has 0 aliphatic rings. The molecule has 0 unspecified atom stereocenters. The summed E-state index contributed by atoms with van der Waals surface area (Å²) in [6, 6.07) is 15.1. The first-order chi connectivity index (χ1) is 10.1. The minimum atomic E-state index is -0.0936. The van der Waals surface area contributed by atoms with E-state index in [9.17, 15) is 4.79 Å². The number of ether oxygens (including phenoxy) is 1. The summed E-state index contributed by atoms with van der Waals surface area (Å²) in [4.78, 5) is 12.3. The summed E-state index contributed by atoms with van der Waals surface area (Å²) in [7, 11) is 0. The molecule has 2 aromatic rings.